The minimum absolute atomic E-state index is 0.0779. The van der Waals surface area contributed by atoms with Crippen molar-refractivity contribution in [1.82, 2.24) is 14.8 Å². The Labute approximate surface area is 139 Å². The van der Waals surface area contributed by atoms with Gasteiger partial charge in [-0.05, 0) is 25.5 Å². The highest BCUT2D eigenvalue weighted by Crippen LogP contribution is 2.45. The number of aryl methyl sites for hydroxylation is 1. The first kappa shape index (κ1) is 16.8. The predicted octanol–water partition coefficient (Wildman–Crippen LogP) is 2.00. The molecule has 0 saturated carbocycles. The molecule has 2 amide bonds. The van der Waals surface area contributed by atoms with E-state index in [9.17, 15) is 18.4 Å². The third-order valence-electron chi connectivity index (χ3n) is 4.86. The number of carbonyl (C=O) groups excluding carboxylic acids is 2. The zero-order valence-corrected chi connectivity index (χ0v) is 13.9. The van der Waals surface area contributed by atoms with Crippen LogP contribution in [0.4, 0.5) is 8.78 Å². The van der Waals surface area contributed by atoms with Gasteiger partial charge in [0.1, 0.15) is 0 Å². The molecule has 1 atom stereocenters. The summed E-state index contributed by atoms with van der Waals surface area (Å²) in [4.78, 5) is 31.5. The number of likely N-dealkylation sites (tertiary alicyclic amines) is 2. The summed E-state index contributed by atoms with van der Waals surface area (Å²) in [5.74, 6) is -3.74. The van der Waals surface area contributed by atoms with Crippen LogP contribution in [-0.4, -0.2) is 52.2 Å². The molecule has 7 heteroatoms. The van der Waals surface area contributed by atoms with E-state index < -0.39 is 30.2 Å². The van der Waals surface area contributed by atoms with Gasteiger partial charge >= 0.3 is 0 Å². The molecule has 0 aromatic carbocycles. The van der Waals surface area contributed by atoms with Crippen LogP contribution in [0.1, 0.15) is 31.2 Å². The minimum Gasteiger partial charge on any atom is -0.336 e. The van der Waals surface area contributed by atoms with Crippen molar-refractivity contribution in [2.45, 2.75) is 39.2 Å². The Bertz CT molecular complexity index is 680. The molecule has 1 aromatic rings. The lowest BCUT2D eigenvalue weighted by Crippen LogP contribution is -2.56. The van der Waals surface area contributed by atoms with Gasteiger partial charge in [0.15, 0.2) is 0 Å². The number of piperidine rings is 1. The van der Waals surface area contributed by atoms with Crippen LogP contribution in [-0.2, 0) is 16.1 Å². The first-order chi connectivity index (χ1) is 11.2. The molecule has 1 unspecified atom stereocenters. The Morgan fingerprint density at radius 2 is 2.08 bits per heavy atom. The monoisotopic (exact) mass is 337 g/mol. The highest BCUT2D eigenvalue weighted by atomic mass is 19.3. The zero-order valence-electron chi connectivity index (χ0n) is 13.9. The van der Waals surface area contributed by atoms with Crippen LogP contribution in [0.5, 0.6) is 0 Å². The minimum atomic E-state index is -3.03. The van der Waals surface area contributed by atoms with Crippen molar-refractivity contribution < 1.29 is 18.4 Å². The van der Waals surface area contributed by atoms with Crippen LogP contribution in [0.15, 0.2) is 18.2 Å². The summed E-state index contributed by atoms with van der Waals surface area (Å²) >= 11 is 0. The molecule has 3 rings (SSSR count). The van der Waals surface area contributed by atoms with Crippen LogP contribution in [0, 0.1) is 12.3 Å². The number of alkyl halides is 2. The van der Waals surface area contributed by atoms with Gasteiger partial charge in [0.05, 0.1) is 24.2 Å². The number of pyridine rings is 1. The third-order valence-corrected chi connectivity index (χ3v) is 4.86. The molecular formula is C17H21F2N3O2. The van der Waals surface area contributed by atoms with E-state index in [-0.39, 0.29) is 12.5 Å². The van der Waals surface area contributed by atoms with E-state index in [1.54, 1.807) is 4.90 Å². The Morgan fingerprint density at radius 1 is 1.33 bits per heavy atom. The molecule has 1 aromatic heterocycles. The smallest absolute Gasteiger partial charge is 0.266 e. The largest absolute Gasteiger partial charge is 0.336 e. The predicted molar refractivity (Wildman–Crippen MR) is 83.3 cm³/mol. The van der Waals surface area contributed by atoms with E-state index in [0.717, 1.165) is 16.3 Å². The Hall–Kier alpha value is -2.05. The molecule has 5 nitrogen and oxygen atoms in total. The fraction of sp³-hybridized carbons (Fsp3) is 0.588. The third kappa shape index (κ3) is 3.12. The SMILES string of the molecule is CC(=O)N1CC(F)(F)CC2(CCN(Cc3cccc(C)n3)C2=O)C1. The van der Waals surface area contributed by atoms with Crippen molar-refractivity contribution in [2.75, 3.05) is 19.6 Å². The van der Waals surface area contributed by atoms with E-state index in [1.165, 1.54) is 6.92 Å². The van der Waals surface area contributed by atoms with Crippen LogP contribution in [0.3, 0.4) is 0 Å². The van der Waals surface area contributed by atoms with Gasteiger partial charge in [-0.25, -0.2) is 8.78 Å². The molecule has 24 heavy (non-hydrogen) atoms. The lowest BCUT2D eigenvalue weighted by Gasteiger charge is -2.42. The van der Waals surface area contributed by atoms with Crippen molar-refractivity contribution in [2.24, 2.45) is 5.41 Å². The lowest BCUT2D eigenvalue weighted by atomic mass is 9.77. The van der Waals surface area contributed by atoms with Gasteiger partial charge in [-0.15, -0.1) is 0 Å². The number of nitrogens with zero attached hydrogens (tertiary/aromatic N) is 3. The van der Waals surface area contributed by atoms with E-state index in [0.29, 0.717) is 19.5 Å². The number of hydrogen-bond acceptors (Lipinski definition) is 3. The average Bonchev–Trinajstić information content (AvgIpc) is 2.75. The van der Waals surface area contributed by atoms with E-state index in [1.807, 2.05) is 25.1 Å². The Morgan fingerprint density at radius 3 is 2.75 bits per heavy atom. The quantitative estimate of drug-likeness (QED) is 0.829. The van der Waals surface area contributed by atoms with E-state index in [4.69, 9.17) is 0 Å². The van der Waals surface area contributed by atoms with Gasteiger partial charge in [0.25, 0.3) is 5.92 Å². The van der Waals surface area contributed by atoms with Gasteiger partial charge < -0.3 is 9.80 Å². The average molecular weight is 337 g/mol. The second-order valence-corrected chi connectivity index (χ2v) is 6.94. The summed E-state index contributed by atoms with van der Waals surface area (Å²) in [6.45, 7) is 3.33. The molecular weight excluding hydrogens is 316 g/mol. The highest BCUT2D eigenvalue weighted by Gasteiger charge is 2.57. The Balaban J connectivity index is 1.80. The second kappa shape index (κ2) is 5.79. The van der Waals surface area contributed by atoms with Gasteiger partial charge in [0.2, 0.25) is 11.8 Å². The number of hydrogen-bond donors (Lipinski definition) is 0. The summed E-state index contributed by atoms with van der Waals surface area (Å²) in [5.41, 5.74) is 0.421. The van der Waals surface area contributed by atoms with Crippen LogP contribution in [0.2, 0.25) is 0 Å². The summed E-state index contributed by atoms with van der Waals surface area (Å²) < 4.78 is 28.2. The molecule has 0 N–H and O–H groups in total. The van der Waals surface area contributed by atoms with Crippen molar-refractivity contribution in [3.05, 3.63) is 29.6 Å². The van der Waals surface area contributed by atoms with Crippen LogP contribution < -0.4 is 0 Å². The van der Waals surface area contributed by atoms with E-state index >= 15 is 0 Å². The summed E-state index contributed by atoms with van der Waals surface area (Å²) in [7, 11) is 0. The number of carbonyl (C=O) groups is 2. The molecule has 1 spiro atoms. The zero-order chi connectivity index (χ0) is 17.5. The van der Waals surface area contributed by atoms with Gasteiger partial charge in [-0.2, -0.15) is 0 Å². The fourth-order valence-electron chi connectivity index (χ4n) is 3.77. The molecule has 2 aliphatic heterocycles. The molecule has 2 saturated heterocycles. The molecule has 2 aliphatic rings. The molecule has 3 heterocycles. The first-order valence-corrected chi connectivity index (χ1v) is 8.06. The van der Waals surface area contributed by atoms with Gasteiger partial charge in [-0.1, -0.05) is 6.07 Å². The van der Waals surface area contributed by atoms with Crippen LogP contribution >= 0.6 is 0 Å². The molecule has 0 aliphatic carbocycles. The molecule has 2 fully saturated rings. The normalized spacial score (nSPS) is 26.2. The van der Waals surface area contributed by atoms with Gasteiger partial charge in [-0.3, -0.25) is 14.6 Å². The van der Waals surface area contributed by atoms with Crippen LogP contribution in [0.25, 0.3) is 0 Å². The maximum absolute atomic E-state index is 14.1. The van der Waals surface area contributed by atoms with Crippen molar-refractivity contribution >= 4 is 11.8 Å². The highest BCUT2D eigenvalue weighted by molar-refractivity contribution is 5.86. The summed E-state index contributed by atoms with van der Waals surface area (Å²) in [6.07, 6.45) is -0.141. The van der Waals surface area contributed by atoms with E-state index in [2.05, 4.69) is 4.98 Å². The molecule has 130 valence electrons. The number of rotatable bonds is 2. The number of halogens is 2. The second-order valence-electron chi connectivity index (χ2n) is 6.94. The number of amides is 2. The fourth-order valence-corrected chi connectivity index (χ4v) is 3.77. The van der Waals surface area contributed by atoms with Crippen molar-refractivity contribution in [1.29, 1.82) is 0 Å². The molecule has 0 bridgehead atoms. The van der Waals surface area contributed by atoms with Crippen molar-refractivity contribution in [3.63, 3.8) is 0 Å². The first-order valence-electron chi connectivity index (χ1n) is 8.06. The van der Waals surface area contributed by atoms with Gasteiger partial charge in [0, 0.05) is 32.1 Å². The molecule has 0 radical (unpaired) electrons. The standard InChI is InChI=1S/C17H21F2N3O2/c1-12-4-3-5-14(20-12)8-21-7-6-16(15(21)24)9-17(18,19)11-22(10-16)13(2)23/h3-5H,6-11H2,1-2H3. The summed E-state index contributed by atoms with van der Waals surface area (Å²) in [6, 6.07) is 5.55. The topological polar surface area (TPSA) is 53.5 Å². The lowest BCUT2D eigenvalue weighted by molar-refractivity contribution is -0.162. The summed E-state index contributed by atoms with van der Waals surface area (Å²) in [5, 5.41) is 0. The number of aromatic nitrogens is 1. The Kier molecular flexibility index (Phi) is 4.05. The maximum Gasteiger partial charge on any atom is 0.266 e. The maximum atomic E-state index is 14.1. The van der Waals surface area contributed by atoms with Crippen molar-refractivity contribution in [3.8, 4) is 0 Å².